The van der Waals surface area contributed by atoms with Crippen molar-refractivity contribution in [2.75, 3.05) is 30.3 Å². The van der Waals surface area contributed by atoms with Crippen molar-refractivity contribution in [1.29, 1.82) is 0 Å². The summed E-state index contributed by atoms with van der Waals surface area (Å²) in [6, 6.07) is 10.2. The summed E-state index contributed by atoms with van der Waals surface area (Å²) >= 11 is 6.77. The van der Waals surface area contributed by atoms with E-state index in [4.69, 9.17) is 22.1 Å². The quantitative estimate of drug-likeness (QED) is 0.453. The lowest BCUT2D eigenvalue weighted by atomic mass is 9.92. The molecule has 0 bridgehead atoms. The fourth-order valence-electron chi connectivity index (χ4n) is 5.33. The van der Waals surface area contributed by atoms with Crippen molar-refractivity contribution in [2.24, 2.45) is 0 Å². The molecular weight excluding hydrogens is 522 g/mol. The van der Waals surface area contributed by atoms with E-state index in [1.165, 1.54) is 16.2 Å². The minimum absolute atomic E-state index is 0.170. The first kappa shape index (κ1) is 26.5. The summed E-state index contributed by atoms with van der Waals surface area (Å²) < 4.78 is 34.7. The lowest BCUT2D eigenvalue weighted by Crippen LogP contribution is -2.34. The van der Waals surface area contributed by atoms with Gasteiger partial charge >= 0.3 is 0 Å². The van der Waals surface area contributed by atoms with Crippen LogP contribution < -0.4 is 15.4 Å². The summed E-state index contributed by atoms with van der Waals surface area (Å²) in [5.41, 5.74) is 12.0. The topological polar surface area (TPSA) is 102 Å². The van der Waals surface area contributed by atoms with Crippen LogP contribution in [0.5, 0.6) is 5.75 Å². The number of nitrogen functional groups attached to an aromatic ring is 1. The first-order chi connectivity index (χ1) is 18.1. The molecule has 1 aromatic heterocycles. The predicted molar refractivity (Wildman–Crippen MR) is 151 cm³/mol. The van der Waals surface area contributed by atoms with Crippen molar-refractivity contribution in [2.45, 2.75) is 51.6 Å². The second-order valence-corrected chi connectivity index (χ2v) is 12.1. The van der Waals surface area contributed by atoms with Crippen LogP contribution in [0.25, 0.3) is 5.57 Å². The van der Waals surface area contributed by atoms with Crippen LogP contribution in [-0.4, -0.2) is 42.4 Å². The lowest BCUT2D eigenvalue weighted by Gasteiger charge is -2.38. The molecule has 0 aliphatic carbocycles. The van der Waals surface area contributed by atoms with E-state index in [1.54, 1.807) is 30.3 Å². The zero-order valence-corrected chi connectivity index (χ0v) is 23.6. The molecule has 5 rings (SSSR count). The average molecular weight is 554 g/mol. The number of hydrogen-bond donors (Lipinski definition) is 1. The predicted octanol–water partition coefficient (Wildman–Crippen LogP) is 5.37. The Bertz CT molecular complexity index is 1530. The standard InChI is InChI=1S/C28H32ClN5O3S/c1-5-20-14-34(28-25(17(20)2)27(30)31-16-32-28)19(4)22-13-24(29)18(3)23-15-33(11-12-37-26(22)23)38(35,36)21-9-7-6-8-10-21/h6-10,13,16,19H,5,11-12,14-15H2,1-4H3,(H2,30,31,32). The van der Waals surface area contributed by atoms with Gasteiger partial charge in [0.1, 0.15) is 30.3 Å². The van der Waals surface area contributed by atoms with Gasteiger partial charge in [0.25, 0.3) is 0 Å². The Balaban J connectivity index is 1.59. The van der Waals surface area contributed by atoms with Gasteiger partial charge in [-0.2, -0.15) is 4.31 Å². The van der Waals surface area contributed by atoms with Crippen LogP contribution in [0.4, 0.5) is 11.6 Å². The van der Waals surface area contributed by atoms with Crippen molar-refractivity contribution < 1.29 is 13.2 Å². The van der Waals surface area contributed by atoms with E-state index in [-0.39, 0.29) is 30.6 Å². The Morgan fingerprint density at radius 1 is 1.16 bits per heavy atom. The molecule has 0 fully saturated rings. The second kappa shape index (κ2) is 10.2. The number of nitrogens with zero attached hydrogens (tertiary/aromatic N) is 4. The van der Waals surface area contributed by atoms with Gasteiger partial charge in [0.05, 0.1) is 16.5 Å². The Morgan fingerprint density at radius 3 is 2.61 bits per heavy atom. The van der Waals surface area contributed by atoms with Crippen LogP contribution in [-0.2, 0) is 16.6 Å². The molecule has 1 atom stereocenters. The van der Waals surface area contributed by atoms with Gasteiger partial charge in [-0.1, -0.05) is 36.7 Å². The highest BCUT2D eigenvalue weighted by Gasteiger charge is 2.34. The van der Waals surface area contributed by atoms with Crippen LogP contribution in [0.3, 0.4) is 0 Å². The Kier molecular flexibility index (Phi) is 7.11. The first-order valence-corrected chi connectivity index (χ1v) is 14.5. The summed E-state index contributed by atoms with van der Waals surface area (Å²) in [7, 11) is -3.71. The molecule has 0 spiro atoms. The first-order valence-electron chi connectivity index (χ1n) is 12.7. The van der Waals surface area contributed by atoms with Crippen molar-refractivity contribution in [3.05, 3.63) is 75.6 Å². The van der Waals surface area contributed by atoms with Crippen LogP contribution in [0.15, 0.2) is 53.2 Å². The van der Waals surface area contributed by atoms with Gasteiger partial charge in [-0.15, -0.1) is 0 Å². The van der Waals surface area contributed by atoms with E-state index in [0.29, 0.717) is 23.1 Å². The van der Waals surface area contributed by atoms with Crippen molar-refractivity contribution in [3.63, 3.8) is 0 Å². The molecule has 3 aromatic rings. The molecular formula is C28H32ClN5O3S. The van der Waals surface area contributed by atoms with E-state index in [2.05, 4.69) is 35.6 Å². The van der Waals surface area contributed by atoms with Gasteiger partial charge in [-0.05, 0) is 62.1 Å². The number of anilines is 2. The number of fused-ring (bicyclic) bond motifs is 2. The summed E-state index contributed by atoms with van der Waals surface area (Å²) in [6.45, 7) is 9.50. The summed E-state index contributed by atoms with van der Waals surface area (Å²) in [5.74, 6) is 1.90. The van der Waals surface area contributed by atoms with Crippen molar-refractivity contribution >= 4 is 38.8 Å². The zero-order valence-electron chi connectivity index (χ0n) is 22.0. The fraction of sp³-hybridized carbons (Fsp3) is 0.357. The van der Waals surface area contributed by atoms with Crippen molar-refractivity contribution in [1.82, 2.24) is 14.3 Å². The van der Waals surface area contributed by atoms with E-state index < -0.39 is 10.0 Å². The molecule has 38 heavy (non-hydrogen) atoms. The van der Waals surface area contributed by atoms with E-state index >= 15 is 0 Å². The molecule has 0 saturated heterocycles. The molecule has 2 aliphatic rings. The third kappa shape index (κ3) is 4.42. The number of hydrogen-bond acceptors (Lipinski definition) is 7. The average Bonchev–Trinajstić information content (AvgIpc) is 3.15. The number of allylic oxidation sites excluding steroid dienone is 1. The molecule has 8 nitrogen and oxygen atoms in total. The van der Waals surface area contributed by atoms with Crippen LogP contribution in [0.2, 0.25) is 5.02 Å². The van der Waals surface area contributed by atoms with E-state index in [9.17, 15) is 8.42 Å². The van der Waals surface area contributed by atoms with E-state index in [0.717, 1.165) is 40.1 Å². The maximum atomic E-state index is 13.5. The minimum Gasteiger partial charge on any atom is -0.491 e. The lowest BCUT2D eigenvalue weighted by molar-refractivity contribution is 0.289. The summed E-state index contributed by atoms with van der Waals surface area (Å²) in [4.78, 5) is 11.3. The molecule has 2 N–H and O–H groups in total. The molecule has 0 radical (unpaired) electrons. The maximum Gasteiger partial charge on any atom is 0.243 e. The minimum atomic E-state index is -3.71. The summed E-state index contributed by atoms with van der Waals surface area (Å²) in [5, 5.41) is 0.565. The monoisotopic (exact) mass is 553 g/mol. The highest BCUT2D eigenvalue weighted by molar-refractivity contribution is 7.89. The number of nitrogens with two attached hydrogens (primary N) is 1. The van der Waals surface area contributed by atoms with Crippen LogP contribution in [0, 0.1) is 6.92 Å². The van der Waals surface area contributed by atoms with Gasteiger partial charge in [0.2, 0.25) is 10.0 Å². The zero-order chi connectivity index (χ0) is 27.2. The van der Waals surface area contributed by atoms with Gasteiger partial charge in [0.15, 0.2) is 0 Å². The smallest absolute Gasteiger partial charge is 0.243 e. The number of rotatable bonds is 5. The Hall–Kier alpha value is -3.14. The van der Waals surface area contributed by atoms with Gasteiger partial charge < -0.3 is 15.4 Å². The number of benzene rings is 2. The molecule has 2 aliphatic heterocycles. The molecule has 1 unspecified atom stereocenters. The number of ether oxygens (including phenoxy) is 1. The normalized spacial score (nSPS) is 16.9. The Morgan fingerprint density at radius 2 is 1.89 bits per heavy atom. The molecule has 200 valence electrons. The molecule has 3 heterocycles. The molecule has 10 heteroatoms. The van der Waals surface area contributed by atoms with Gasteiger partial charge in [-0.3, -0.25) is 0 Å². The van der Waals surface area contributed by atoms with Crippen LogP contribution in [0.1, 0.15) is 55.5 Å². The number of halogens is 1. The molecule has 0 saturated carbocycles. The Labute approximate surface area is 229 Å². The SMILES string of the molecule is CCC1=C(C)c2c(N)ncnc2N(C(C)c2cc(Cl)c(C)c3c2OCCN(S(=O)(=O)c2ccccc2)C3)C1. The van der Waals surface area contributed by atoms with Gasteiger partial charge in [0, 0.05) is 35.8 Å². The third-order valence-electron chi connectivity index (χ3n) is 7.67. The van der Waals surface area contributed by atoms with Gasteiger partial charge in [-0.25, -0.2) is 18.4 Å². The van der Waals surface area contributed by atoms with Crippen molar-refractivity contribution in [3.8, 4) is 5.75 Å². The van der Waals surface area contributed by atoms with E-state index in [1.807, 2.05) is 13.0 Å². The highest BCUT2D eigenvalue weighted by Crippen LogP contribution is 2.45. The number of sulfonamides is 1. The fourth-order valence-corrected chi connectivity index (χ4v) is 6.97. The number of aromatic nitrogens is 2. The van der Waals surface area contributed by atoms with Crippen LogP contribution >= 0.6 is 11.6 Å². The maximum absolute atomic E-state index is 13.5. The molecule has 2 aromatic carbocycles. The third-order valence-corrected chi connectivity index (χ3v) is 9.92. The highest BCUT2D eigenvalue weighted by atomic mass is 35.5. The second-order valence-electron chi connectivity index (χ2n) is 9.72. The molecule has 0 amide bonds. The summed E-state index contributed by atoms with van der Waals surface area (Å²) in [6.07, 6.45) is 2.36. The largest absolute Gasteiger partial charge is 0.491 e.